The number of rotatable bonds is 9. The van der Waals surface area contributed by atoms with Gasteiger partial charge in [0.25, 0.3) is 17.8 Å². The maximum Gasteiger partial charge on any atom is 0.300 e. The van der Waals surface area contributed by atoms with E-state index in [2.05, 4.69) is 15.5 Å². The molecule has 12 heteroatoms. The molecule has 35 heavy (non-hydrogen) atoms. The molecule has 0 aliphatic carbocycles. The first kappa shape index (κ1) is 31.6. The number of carboxylic acids is 2. The number of hydrogen-bond donors (Lipinski definition) is 5. The van der Waals surface area contributed by atoms with Gasteiger partial charge in [-0.1, -0.05) is 0 Å². The number of hydrogen-bond acceptors (Lipinski definition) is 8. The number of carboxylic acid groups (broad SMARTS) is 2. The Labute approximate surface area is 205 Å². The Morgan fingerprint density at radius 3 is 2.20 bits per heavy atom. The predicted octanol–water partition coefficient (Wildman–Crippen LogP) is 0.543. The van der Waals surface area contributed by atoms with Gasteiger partial charge in [-0.3, -0.25) is 24.1 Å². The number of benzene rings is 1. The minimum atomic E-state index is -0.833. The first-order chi connectivity index (χ1) is 16.5. The Hall–Kier alpha value is -3.38. The molecule has 2 rings (SSSR count). The molecular formula is C23H38N4O8. The molecule has 1 aromatic rings. The highest BCUT2D eigenvalue weighted by molar-refractivity contribution is 5.97. The number of likely N-dealkylation sites (tertiary alicyclic amines) is 1. The topological polar surface area (TPSA) is 181 Å². The van der Waals surface area contributed by atoms with Gasteiger partial charge in [0.2, 0.25) is 5.91 Å². The zero-order chi connectivity index (χ0) is 27.0. The van der Waals surface area contributed by atoms with Gasteiger partial charge in [0, 0.05) is 58.6 Å². The molecule has 1 heterocycles. The van der Waals surface area contributed by atoms with Crippen molar-refractivity contribution < 1.29 is 38.9 Å². The number of methoxy groups -OCH3 is 1. The van der Waals surface area contributed by atoms with E-state index in [0.29, 0.717) is 43.2 Å². The third-order valence-corrected chi connectivity index (χ3v) is 4.99. The molecule has 1 aromatic carbocycles. The molecule has 6 N–H and O–H groups in total. The van der Waals surface area contributed by atoms with Gasteiger partial charge in [-0.05, 0) is 32.0 Å². The summed E-state index contributed by atoms with van der Waals surface area (Å²) in [6.07, 6.45) is 2.36. The average Bonchev–Trinajstić information content (AvgIpc) is 3.13. The van der Waals surface area contributed by atoms with Crippen LogP contribution in [0.4, 0.5) is 0 Å². The molecule has 0 saturated carbocycles. The van der Waals surface area contributed by atoms with Gasteiger partial charge in [-0.2, -0.15) is 0 Å². The van der Waals surface area contributed by atoms with Crippen molar-refractivity contribution in [2.75, 3.05) is 40.9 Å². The lowest BCUT2D eigenvalue weighted by atomic mass is 10.1. The smallest absolute Gasteiger partial charge is 0.300 e. The molecular weight excluding hydrogens is 460 g/mol. The molecule has 0 bridgehead atoms. The van der Waals surface area contributed by atoms with Crippen LogP contribution < -0.4 is 25.8 Å². The summed E-state index contributed by atoms with van der Waals surface area (Å²) in [6.45, 7) is 3.36. The summed E-state index contributed by atoms with van der Waals surface area (Å²) < 4.78 is 10.8. The van der Waals surface area contributed by atoms with Crippen LogP contribution in [0.15, 0.2) is 18.2 Å². The highest BCUT2D eigenvalue weighted by Crippen LogP contribution is 2.26. The quantitative estimate of drug-likeness (QED) is 0.322. The van der Waals surface area contributed by atoms with Crippen LogP contribution >= 0.6 is 0 Å². The molecule has 2 amide bonds. The fourth-order valence-corrected chi connectivity index (χ4v) is 3.31. The van der Waals surface area contributed by atoms with E-state index in [9.17, 15) is 9.59 Å². The average molecular weight is 499 g/mol. The summed E-state index contributed by atoms with van der Waals surface area (Å²) >= 11 is 0. The molecule has 0 aromatic heterocycles. The van der Waals surface area contributed by atoms with Gasteiger partial charge < -0.3 is 36.1 Å². The van der Waals surface area contributed by atoms with Crippen LogP contribution in [0.25, 0.3) is 0 Å². The molecule has 12 nitrogen and oxygen atoms in total. The number of nitrogens with one attached hydrogen (secondary N) is 2. The maximum atomic E-state index is 12.7. The molecule has 1 aliphatic heterocycles. The van der Waals surface area contributed by atoms with Crippen molar-refractivity contribution in [2.45, 2.75) is 45.2 Å². The number of aliphatic carboxylic acids is 2. The lowest BCUT2D eigenvalue weighted by Gasteiger charge is -2.25. The van der Waals surface area contributed by atoms with Crippen LogP contribution in [0.2, 0.25) is 0 Å². The number of nitrogens with zero attached hydrogens (tertiary/aromatic N) is 1. The third kappa shape index (κ3) is 13.2. The van der Waals surface area contributed by atoms with E-state index in [1.807, 2.05) is 7.05 Å². The standard InChI is InChI=1S/C19H30N4O4.2C2H4O2/c1-21-18(24)10-13-4-5-14(23(13)2)12-22-19(25)16-7-6-15(26-3)11-17(16)27-9-8-20;2*1-2(3)4/h6-7,11,13-14H,4-5,8-10,12,20H2,1-3H3,(H,21,24)(H,22,25);2*1H3,(H,3,4)/t13-,14+;;/m1../s1. The molecule has 2 atom stereocenters. The Balaban J connectivity index is 0.00000126. The highest BCUT2D eigenvalue weighted by Gasteiger charge is 2.31. The SMILES string of the molecule is CC(=O)O.CC(=O)O.CNC(=O)C[C@H]1CC[C@@H](CNC(=O)c2ccc(OC)cc2OCCN)N1C. The van der Waals surface area contributed by atoms with E-state index >= 15 is 0 Å². The van der Waals surface area contributed by atoms with E-state index < -0.39 is 11.9 Å². The van der Waals surface area contributed by atoms with Crippen LogP contribution in [0.5, 0.6) is 11.5 Å². The lowest BCUT2D eigenvalue weighted by Crippen LogP contribution is -2.42. The molecule has 1 aliphatic rings. The molecule has 1 saturated heterocycles. The minimum Gasteiger partial charge on any atom is -0.497 e. The summed E-state index contributed by atoms with van der Waals surface area (Å²) in [7, 11) is 5.21. The van der Waals surface area contributed by atoms with Crippen molar-refractivity contribution in [1.82, 2.24) is 15.5 Å². The molecule has 198 valence electrons. The van der Waals surface area contributed by atoms with Gasteiger partial charge >= 0.3 is 0 Å². The Morgan fingerprint density at radius 2 is 1.69 bits per heavy atom. The van der Waals surface area contributed by atoms with Gasteiger partial charge in [-0.25, -0.2) is 0 Å². The number of carbonyl (C=O) groups excluding carboxylic acids is 2. The van der Waals surface area contributed by atoms with Crippen molar-refractivity contribution in [1.29, 1.82) is 0 Å². The van der Waals surface area contributed by atoms with E-state index in [4.69, 9.17) is 35.0 Å². The van der Waals surface area contributed by atoms with Crippen LogP contribution in [0, 0.1) is 0 Å². The zero-order valence-electron chi connectivity index (χ0n) is 21.0. The summed E-state index contributed by atoms with van der Waals surface area (Å²) in [6, 6.07) is 5.51. The van der Waals surface area contributed by atoms with Crippen molar-refractivity contribution in [3.05, 3.63) is 23.8 Å². The van der Waals surface area contributed by atoms with E-state index in [0.717, 1.165) is 26.7 Å². The fraction of sp³-hybridized carbons (Fsp3) is 0.565. The second-order valence-corrected chi connectivity index (χ2v) is 7.68. The fourth-order valence-electron chi connectivity index (χ4n) is 3.31. The zero-order valence-corrected chi connectivity index (χ0v) is 21.0. The van der Waals surface area contributed by atoms with Crippen LogP contribution in [0.1, 0.15) is 43.5 Å². The van der Waals surface area contributed by atoms with E-state index in [1.165, 1.54) is 0 Å². The van der Waals surface area contributed by atoms with Crippen molar-refractivity contribution in [2.24, 2.45) is 5.73 Å². The molecule has 0 radical (unpaired) electrons. The first-order valence-electron chi connectivity index (χ1n) is 11.1. The second-order valence-electron chi connectivity index (χ2n) is 7.68. The van der Waals surface area contributed by atoms with Crippen molar-refractivity contribution >= 4 is 23.8 Å². The molecule has 1 fully saturated rings. The Kier molecular flexibility index (Phi) is 15.5. The second kappa shape index (κ2) is 17.1. The summed E-state index contributed by atoms with van der Waals surface area (Å²) in [4.78, 5) is 44.4. The number of likely N-dealkylation sites (N-methyl/N-ethyl adjacent to an activating group) is 1. The lowest BCUT2D eigenvalue weighted by molar-refractivity contribution is -0.135. The van der Waals surface area contributed by atoms with Gasteiger partial charge in [0.1, 0.15) is 18.1 Å². The monoisotopic (exact) mass is 498 g/mol. The number of amides is 2. The van der Waals surface area contributed by atoms with Gasteiger partial charge in [0.05, 0.1) is 12.7 Å². The van der Waals surface area contributed by atoms with Crippen LogP contribution in [0.3, 0.4) is 0 Å². The van der Waals surface area contributed by atoms with Gasteiger partial charge in [-0.15, -0.1) is 0 Å². The normalized spacial score (nSPS) is 16.5. The Morgan fingerprint density at radius 1 is 1.11 bits per heavy atom. The summed E-state index contributed by atoms with van der Waals surface area (Å²) in [5.74, 6) is -0.759. The van der Waals surface area contributed by atoms with Crippen LogP contribution in [-0.4, -0.2) is 91.9 Å². The number of nitrogens with two attached hydrogens (primary N) is 1. The Bertz CT molecular complexity index is 814. The highest BCUT2D eigenvalue weighted by atomic mass is 16.5. The van der Waals surface area contributed by atoms with E-state index in [1.54, 1.807) is 32.4 Å². The predicted molar refractivity (Wildman–Crippen MR) is 130 cm³/mol. The summed E-state index contributed by atoms with van der Waals surface area (Å²) in [5.41, 5.74) is 5.95. The van der Waals surface area contributed by atoms with Gasteiger partial charge in [0.15, 0.2) is 0 Å². The van der Waals surface area contributed by atoms with Crippen LogP contribution in [-0.2, 0) is 14.4 Å². The third-order valence-electron chi connectivity index (χ3n) is 4.99. The van der Waals surface area contributed by atoms with Crippen molar-refractivity contribution in [3.63, 3.8) is 0 Å². The van der Waals surface area contributed by atoms with Crippen molar-refractivity contribution in [3.8, 4) is 11.5 Å². The van der Waals surface area contributed by atoms with E-state index in [-0.39, 0.29) is 23.9 Å². The largest absolute Gasteiger partial charge is 0.497 e. The minimum absolute atomic E-state index is 0.0384. The number of ether oxygens (including phenoxy) is 2. The first-order valence-corrected chi connectivity index (χ1v) is 11.1. The molecule has 0 unspecified atom stereocenters. The maximum absolute atomic E-state index is 12.7. The number of carbonyl (C=O) groups is 4. The molecule has 0 spiro atoms. The summed E-state index contributed by atoms with van der Waals surface area (Å²) in [5, 5.41) is 20.5.